The van der Waals surface area contributed by atoms with E-state index in [9.17, 15) is 18.0 Å². The highest BCUT2D eigenvalue weighted by Crippen LogP contribution is 2.34. The van der Waals surface area contributed by atoms with Crippen molar-refractivity contribution in [2.45, 2.75) is 6.18 Å². The van der Waals surface area contributed by atoms with Crippen molar-refractivity contribution < 1.29 is 18.0 Å². The van der Waals surface area contributed by atoms with Crippen LogP contribution in [0.5, 0.6) is 0 Å². The molecule has 0 atom stereocenters. The van der Waals surface area contributed by atoms with E-state index in [-0.39, 0.29) is 15.6 Å². The fourth-order valence-corrected chi connectivity index (χ4v) is 2.42. The second kappa shape index (κ2) is 5.34. The summed E-state index contributed by atoms with van der Waals surface area (Å²) in [5.74, 6) is -0.515. The van der Waals surface area contributed by atoms with E-state index in [1.807, 2.05) is 0 Å². The molecule has 3 nitrogen and oxygen atoms in total. The predicted molar refractivity (Wildman–Crippen MR) is 73.1 cm³/mol. The molecule has 1 aromatic heterocycles. The van der Waals surface area contributed by atoms with E-state index in [0.29, 0.717) is 5.69 Å². The second-order valence-corrected chi connectivity index (χ2v) is 5.17. The van der Waals surface area contributed by atoms with E-state index in [0.717, 1.165) is 29.5 Å². The van der Waals surface area contributed by atoms with Crippen LogP contribution in [0.4, 0.5) is 24.5 Å². The van der Waals surface area contributed by atoms with Crippen LogP contribution < -0.4 is 11.1 Å². The minimum atomic E-state index is -4.48. The van der Waals surface area contributed by atoms with E-state index in [1.165, 1.54) is 0 Å². The molecule has 1 aromatic carbocycles. The van der Waals surface area contributed by atoms with Crippen LogP contribution in [-0.4, -0.2) is 5.91 Å². The zero-order valence-electron chi connectivity index (χ0n) is 9.79. The molecule has 1 heterocycles. The number of nitrogen functional groups attached to an aromatic ring is 1. The number of nitrogens with two attached hydrogens (primary N) is 1. The molecule has 8 heteroatoms. The number of amides is 1. The minimum absolute atomic E-state index is 0.0949. The van der Waals surface area contributed by atoms with Gasteiger partial charge in [-0.15, -0.1) is 11.3 Å². The summed E-state index contributed by atoms with van der Waals surface area (Å²) >= 11 is 6.87. The van der Waals surface area contributed by atoms with Gasteiger partial charge in [0.05, 0.1) is 22.0 Å². The Morgan fingerprint density at radius 2 is 2.00 bits per heavy atom. The van der Waals surface area contributed by atoms with Crippen molar-refractivity contribution in [1.29, 1.82) is 0 Å². The normalized spacial score (nSPS) is 11.4. The number of carbonyl (C=O) groups excluding carboxylic acids is 1. The van der Waals surface area contributed by atoms with Crippen LogP contribution in [0, 0.1) is 0 Å². The Hall–Kier alpha value is -1.73. The lowest BCUT2D eigenvalue weighted by atomic mass is 10.2. The summed E-state index contributed by atoms with van der Waals surface area (Å²) in [6, 6.07) is 4.27. The molecule has 0 aliphatic carbocycles. The SMILES string of the molecule is Nc1ccsc1C(=O)Nc1ccc(C(F)(F)F)cc1Cl. The van der Waals surface area contributed by atoms with E-state index in [1.54, 1.807) is 11.4 Å². The first kappa shape index (κ1) is 14.7. The molecule has 106 valence electrons. The van der Waals surface area contributed by atoms with Crippen LogP contribution in [0.15, 0.2) is 29.6 Å². The van der Waals surface area contributed by atoms with Crippen molar-refractivity contribution in [3.63, 3.8) is 0 Å². The van der Waals surface area contributed by atoms with Crippen LogP contribution in [0.2, 0.25) is 5.02 Å². The molecular weight excluding hydrogens is 313 g/mol. The maximum atomic E-state index is 12.5. The van der Waals surface area contributed by atoms with Crippen LogP contribution in [0.3, 0.4) is 0 Å². The zero-order valence-corrected chi connectivity index (χ0v) is 11.4. The highest BCUT2D eigenvalue weighted by atomic mass is 35.5. The molecule has 0 aliphatic rings. The number of rotatable bonds is 2. The summed E-state index contributed by atoms with van der Waals surface area (Å²) in [5.41, 5.74) is 5.10. The topological polar surface area (TPSA) is 55.1 Å². The van der Waals surface area contributed by atoms with E-state index in [2.05, 4.69) is 5.32 Å². The first-order valence-corrected chi connectivity index (χ1v) is 6.56. The summed E-state index contributed by atoms with van der Waals surface area (Å²) in [4.78, 5) is 12.1. The van der Waals surface area contributed by atoms with Gasteiger partial charge in [-0.2, -0.15) is 13.2 Å². The molecule has 0 aliphatic heterocycles. The number of benzene rings is 1. The Morgan fingerprint density at radius 1 is 1.30 bits per heavy atom. The third kappa shape index (κ3) is 3.05. The first-order chi connectivity index (χ1) is 9.29. The minimum Gasteiger partial charge on any atom is -0.397 e. The van der Waals surface area contributed by atoms with Crippen molar-refractivity contribution in [2.24, 2.45) is 0 Å². The maximum absolute atomic E-state index is 12.5. The largest absolute Gasteiger partial charge is 0.416 e. The number of hydrogen-bond donors (Lipinski definition) is 2. The quantitative estimate of drug-likeness (QED) is 0.869. The van der Waals surface area contributed by atoms with Crippen molar-refractivity contribution in [3.8, 4) is 0 Å². The maximum Gasteiger partial charge on any atom is 0.416 e. The number of nitrogens with one attached hydrogen (secondary N) is 1. The Balaban J connectivity index is 2.23. The lowest BCUT2D eigenvalue weighted by Crippen LogP contribution is -2.13. The lowest BCUT2D eigenvalue weighted by Gasteiger charge is -2.10. The molecule has 2 rings (SSSR count). The van der Waals surface area contributed by atoms with Gasteiger partial charge < -0.3 is 11.1 Å². The summed E-state index contributed by atoms with van der Waals surface area (Å²) in [5, 5.41) is 3.87. The standard InChI is InChI=1S/C12H8ClF3N2OS/c13-7-5-6(12(14,15)16)1-2-9(7)18-11(19)10-8(17)3-4-20-10/h1-5H,17H2,(H,18,19). The van der Waals surface area contributed by atoms with Gasteiger partial charge in [-0.1, -0.05) is 11.6 Å². The molecule has 0 radical (unpaired) electrons. The summed E-state index contributed by atoms with van der Waals surface area (Å²) in [6.45, 7) is 0. The summed E-state index contributed by atoms with van der Waals surface area (Å²) in [6.07, 6.45) is -4.48. The van der Waals surface area contributed by atoms with Gasteiger partial charge in [0.2, 0.25) is 0 Å². The Bertz CT molecular complexity index is 654. The third-order valence-electron chi connectivity index (χ3n) is 2.45. The van der Waals surface area contributed by atoms with Crippen LogP contribution in [0.1, 0.15) is 15.2 Å². The van der Waals surface area contributed by atoms with Gasteiger partial charge in [0.15, 0.2) is 0 Å². The molecule has 0 unspecified atom stereocenters. The lowest BCUT2D eigenvalue weighted by molar-refractivity contribution is -0.137. The summed E-state index contributed by atoms with van der Waals surface area (Å²) < 4.78 is 37.4. The molecule has 0 saturated carbocycles. The van der Waals surface area contributed by atoms with Gasteiger partial charge in [0, 0.05) is 0 Å². The monoisotopic (exact) mass is 320 g/mol. The molecule has 0 fully saturated rings. The van der Waals surface area contributed by atoms with Gasteiger partial charge in [-0.05, 0) is 29.6 Å². The van der Waals surface area contributed by atoms with Crippen LogP contribution >= 0.6 is 22.9 Å². The Kier molecular flexibility index (Phi) is 3.92. The van der Waals surface area contributed by atoms with Gasteiger partial charge in [-0.25, -0.2) is 0 Å². The average molecular weight is 321 g/mol. The number of alkyl halides is 3. The second-order valence-electron chi connectivity index (χ2n) is 3.85. The molecule has 2 aromatic rings. The molecule has 0 saturated heterocycles. The molecule has 1 amide bonds. The Morgan fingerprint density at radius 3 is 2.50 bits per heavy atom. The zero-order chi connectivity index (χ0) is 14.9. The van der Waals surface area contributed by atoms with Crippen molar-refractivity contribution >= 4 is 40.2 Å². The van der Waals surface area contributed by atoms with Gasteiger partial charge in [0.1, 0.15) is 4.88 Å². The predicted octanol–water partition coefficient (Wildman–Crippen LogP) is 4.25. The number of halogens is 4. The number of thiophene rings is 1. The Labute approximate surface area is 121 Å². The van der Waals surface area contributed by atoms with Crippen LogP contribution in [0.25, 0.3) is 0 Å². The van der Waals surface area contributed by atoms with Crippen molar-refractivity contribution in [2.75, 3.05) is 11.1 Å². The van der Waals surface area contributed by atoms with E-state index in [4.69, 9.17) is 17.3 Å². The molecule has 3 N–H and O–H groups in total. The van der Waals surface area contributed by atoms with Gasteiger partial charge >= 0.3 is 6.18 Å². The summed E-state index contributed by atoms with van der Waals surface area (Å²) in [7, 11) is 0. The highest BCUT2D eigenvalue weighted by molar-refractivity contribution is 7.12. The third-order valence-corrected chi connectivity index (χ3v) is 3.69. The van der Waals surface area contributed by atoms with Gasteiger partial charge in [-0.3, -0.25) is 4.79 Å². The molecule has 20 heavy (non-hydrogen) atoms. The fraction of sp³-hybridized carbons (Fsp3) is 0.0833. The average Bonchev–Trinajstić information content (AvgIpc) is 2.76. The van der Waals surface area contributed by atoms with E-state index >= 15 is 0 Å². The molecule has 0 bridgehead atoms. The van der Waals surface area contributed by atoms with Crippen molar-refractivity contribution in [1.82, 2.24) is 0 Å². The molecular formula is C12H8ClF3N2OS. The van der Waals surface area contributed by atoms with E-state index < -0.39 is 17.6 Å². The van der Waals surface area contributed by atoms with Crippen molar-refractivity contribution in [3.05, 3.63) is 45.1 Å². The molecule has 0 spiro atoms. The highest BCUT2D eigenvalue weighted by Gasteiger charge is 2.31. The number of carbonyl (C=O) groups is 1. The van der Waals surface area contributed by atoms with Crippen LogP contribution in [-0.2, 0) is 6.18 Å². The number of anilines is 2. The fourth-order valence-electron chi connectivity index (χ4n) is 1.48. The first-order valence-electron chi connectivity index (χ1n) is 5.30. The smallest absolute Gasteiger partial charge is 0.397 e. The number of hydrogen-bond acceptors (Lipinski definition) is 3. The van der Waals surface area contributed by atoms with Gasteiger partial charge in [0.25, 0.3) is 5.91 Å².